The second-order valence-electron chi connectivity index (χ2n) is 5.38. The third-order valence-electron chi connectivity index (χ3n) is 3.53. The third-order valence-corrected chi connectivity index (χ3v) is 4.75. The Morgan fingerprint density at radius 3 is 2.62 bits per heavy atom. The lowest BCUT2D eigenvalue weighted by molar-refractivity contribution is -0.119. The summed E-state index contributed by atoms with van der Waals surface area (Å²) < 4.78 is 30.6. The van der Waals surface area contributed by atoms with Gasteiger partial charge in [0.2, 0.25) is 5.91 Å². The summed E-state index contributed by atoms with van der Waals surface area (Å²) in [5.74, 6) is -0.349. The number of hydrogen-bond acceptors (Lipinski definition) is 3. The highest BCUT2D eigenvalue weighted by atomic mass is 32.2. The number of ether oxygens (including phenoxy) is 1. The van der Waals surface area contributed by atoms with Gasteiger partial charge in [-0.3, -0.25) is 9.00 Å². The van der Waals surface area contributed by atoms with Crippen LogP contribution < -0.4 is 10.1 Å². The van der Waals surface area contributed by atoms with E-state index in [1.807, 2.05) is 37.3 Å². The molecule has 24 heavy (non-hydrogen) atoms. The Labute approximate surface area is 143 Å². The maximum Gasteiger partial charge on any atom is 0.233 e. The molecule has 2 atom stereocenters. The molecule has 128 valence electrons. The Balaban J connectivity index is 1.92. The van der Waals surface area contributed by atoms with Crippen LogP contribution in [0.1, 0.15) is 24.1 Å². The summed E-state index contributed by atoms with van der Waals surface area (Å²) in [5.41, 5.74) is 1.46. The average Bonchev–Trinajstić information content (AvgIpc) is 2.55. The number of nitrogens with one attached hydrogen (secondary N) is 1. The van der Waals surface area contributed by atoms with Gasteiger partial charge >= 0.3 is 0 Å². The summed E-state index contributed by atoms with van der Waals surface area (Å²) in [6.07, 6.45) is 0. The average molecular weight is 349 g/mol. The zero-order chi connectivity index (χ0) is 17.5. The van der Waals surface area contributed by atoms with Crippen LogP contribution in [0.15, 0.2) is 48.5 Å². The van der Waals surface area contributed by atoms with Gasteiger partial charge < -0.3 is 10.1 Å². The van der Waals surface area contributed by atoms with Crippen LogP contribution in [-0.2, 0) is 21.3 Å². The van der Waals surface area contributed by atoms with Gasteiger partial charge in [0.15, 0.2) is 0 Å². The fourth-order valence-electron chi connectivity index (χ4n) is 2.34. The summed E-state index contributed by atoms with van der Waals surface area (Å²) in [6, 6.07) is 13.4. The fraction of sp³-hybridized carbons (Fsp3) is 0.278. The lowest BCUT2D eigenvalue weighted by atomic mass is 10.1. The standard InChI is InChI=1S/C18H20FNO3S/c1-13(14-6-4-3-5-7-14)20-18(21)12-24(22)11-15-10-16(19)8-9-17(15)23-2/h3-10,13H,11-12H2,1-2H3,(H,20,21)/t13-,24-/m0/s1. The van der Waals surface area contributed by atoms with Crippen molar-refractivity contribution in [1.82, 2.24) is 5.32 Å². The first-order valence-corrected chi connectivity index (χ1v) is 9.00. The van der Waals surface area contributed by atoms with E-state index in [9.17, 15) is 13.4 Å². The van der Waals surface area contributed by atoms with Gasteiger partial charge in [-0.1, -0.05) is 30.3 Å². The van der Waals surface area contributed by atoms with Gasteiger partial charge in [-0.2, -0.15) is 0 Å². The normalized spacial score (nSPS) is 13.1. The van der Waals surface area contributed by atoms with Gasteiger partial charge in [0.25, 0.3) is 0 Å². The first-order valence-electron chi connectivity index (χ1n) is 7.51. The van der Waals surface area contributed by atoms with Crippen molar-refractivity contribution >= 4 is 16.7 Å². The monoisotopic (exact) mass is 349 g/mol. The summed E-state index contributed by atoms with van der Waals surface area (Å²) in [7, 11) is 0.0134. The smallest absolute Gasteiger partial charge is 0.233 e. The number of methoxy groups -OCH3 is 1. The minimum Gasteiger partial charge on any atom is -0.496 e. The molecule has 0 aromatic heterocycles. The second-order valence-corrected chi connectivity index (χ2v) is 6.84. The molecule has 0 bridgehead atoms. The number of carbonyl (C=O) groups is 1. The van der Waals surface area contributed by atoms with Crippen molar-refractivity contribution in [2.75, 3.05) is 12.9 Å². The number of carbonyl (C=O) groups excluding carboxylic acids is 1. The molecule has 0 heterocycles. The van der Waals surface area contributed by atoms with Gasteiger partial charge in [0.05, 0.1) is 18.9 Å². The molecular formula is C18H20FNO3S. The highest BCUT2D eigenvalue weighted by Gasteiger charge is 2.15. The summed E-state index contributed by atoms with van der Waals surface area (Å²) in [5, 5.41) is 2.82. The number of benzene rings is 2. The van der Waals surface area contributed by atoms with E-state index < -0.39 is 16.6 Å². The van der Waals surface area contributed by atoms with Crippen molar-refractivity contribution in [3.05, 3.63) is 65.5 Å². The number of hydrogen-bond donors (Lipinski definition) is 1. The lowest BCUT2D eigenvalue weighted by Crippen LogP contribution is -2.31. The molecule has 2 rings (SSSR count). The predicted octanol–water partition coefficient (Wildman–Crippen LogP) is 2.96. The Morgan fingerprint density at radius 2 is 1.96 bits per heavy atom. The summed E-state index contributed by atoms with van der Waals surface area (Å²) >= 11 is 0. The van der Waals surface area contributed by atoms with Gasteiger partial charge in [0.1, 0.15) is 17.3 Å². The molecule has 2 aromatic carbocycles. The molecule has 0 aliphatic heterocycles. The van der Waals surface area contributed by atoms with E-state index in [2.05, 4.69) is 5.32 Å². The van der Waals surface area contributed by atoms with E-state index in [1.54, 1.807) is 0 Å². The molecule has 0 unspecified atom stereocenters. The molecule has 0 saturated heterocycles. The van der Waals surface area contributed by atoms with Crippen molar-refractivity contribution in [2.45, 2.75) is 18.7 Å². The fourth-order valence-corrected chi connectivity index (χ4v) is 3.39. The van der Waals surface area contributed by atoms with Crippen LogP contribution in [-0.4, -0.2) is 23.0 Å². The zero-order valence-electron chi connectivity index (χ0n) is 13.6. The molecule has 1 amide bonds. The van der Waals surface area contributed by atoms with Crippen molar-refractivity contribution in [1.29, 1.82) is 0 Å². The summed E-state index contributed by atoms with van der Waals surface area (Å²) in [4.78, 5) is 12.0. The van der Waals surface area contributed by atoms with Crippen molar-refractivity contribution in [3.8, 4) is 5.75 Å². The topological polar surface area (TPSA) is 55.4 Å². The van der Waals surface area contributed by atoms with Crippen LogP contribution in [0.4, 0.5) is 4.39 Å². The van der Waals surface area contributed by atoms with Crippen LogP contribution in [0.2, 0.25) is 0 Å². The molecule has 6 heteroatoms. The molecule has 4 nitrogen and oxygen atoms in total. The van der Waals surface area contributed by atoms with E-state index >= 15 is 0 Å². The molecule has 1 N–H and O–H groups in total. The van der Waals surface area contributed by atoms with Crippen LogP contribution in [0, 0.1) is 5.82 Å². The van der Waals surface area contributed by atoms with Gasteiger partial charge in [-0.05, 0) is 30.7 Å². The van der Waals surface area contributed by atoms with Crippen molar-refractivity contribution in [2.24, 2.45) is 0 Å². The SMILES string of the molecule is COc1ccc(F)cc1C[S@](=O)CC(=O)N[C@@H](C)c1ccccc1. The van der Waals surface area contributed by atoms with Crippen LogP contribution in [0.3, 0.4) is 0 Å². The van der Waals surface area contributed by atoms with E-state index in [-0.39, 0.29) is 23.5 Å². The molecule has 0 radical (unpaired) electrons. The Morgan fingerprint density at radius 1 is 1.25 bits per heavy atom. The highest BCUT2D eigenvalue weighted by molar-refractivity contribution is 7.84. The molecular weight excluding hydrogens is 329 g/mol. The Hall–Kier alpha value is -2.21. The quantitative estimate of drug-likeness (QED) is 0.836. The van der Waals surface area contributed by atoms with E-state index in [0.717, 1.165) is 5.56 Å². The zero-order valence-corrected chi connectivity index (χ0v) is 14.4. The first kappa shape index (κ1) is 18.1. The van der Waals surface area contributed by atoms with Crippen molar-refractivity contribution in [3.63, 3.8) is 0 Å². The van der Waals surface area contributed by atoms with E-state index in [1.165, 1.54) is 25.3 Å². The van der Waals surface area contributed by atoms with Gasteiger partial charge in [0, 0.05) is 16.4 Å². The molecule has 0 fully saturated rings. The maximum atomic E-state index is 13.3. The molecule has 0 spiro atoms. The Bertz CT molecular complexity index is 721. The number of halogens is 1. The largest absolute Gasteiger partial charge is 0.496 e. The van der Waals surface area contributed by atoms with E-state index in [0.29, 0.717) is 11.3 Å². The minimum absolute atomic E-state index is 0.0636. The third kappa shape index (κ3) is 5.16. The van der Waals surface area contributed by atoms with Gasteiger partial charge in [-0.15, -0.1) is 0 Å². The van der Waals surface area contributed by atoms with E-state index in [4.69, 9.17) is 4.74 Å². The Kier molecular flexibility index (Phi) is 6.49. The second kappa shape index (κ2) is 8.59. The highest BCUT2D eigenvalue weighted by Crippen LogP contribution is 2.21. The molecule has 0 aliphatic rings. The number of rotatable bonds is 7. The predicted molar refractivity (Wildman–Crippen MR) is 92.7 cm³/mol. The lowest BCUT2D eigenvalue weighted by Gasteiger charge is -2.14. The number of amides is 1. The summed E-state index contributed by atoms with van der Waals surface area (Å²) in [6.45, 7) is 1.87. The molecule has 0 aliphatic carbocycles. The first-order chi connectivity index (χ1) is 11.5. The maximum absolute atomic E-state index is 13.3. The van der Waals surface area contributed by atoms with Crippen molar-refractivity contribution < 1.29 is 18.1 Å². The van der Waals surface area contributed by atoms with Crippen LogP contribution in [0.25, 0.3) is 0 Å². The van der Waals surface area contributed by atoms with Gasteiger partial charge in [-0.25, -0.2) is 4.39 Å². The van der Waals surface area contributed by atoms with Crippen LogP contribution >= 0.6 is 0 Å². The van der Waals surface area contributed by atoms with Crippen LogP contribution in [0.5, 0.6) is 5.75 Å². The molecule has 0 saturated carbocycles. The minimum atomic E-state index is -1.45. The molecule has 2 aromatic rings.